The van der Waals surface area contributed by atoms with Crippen LogP contribution in [-0.4, -0.2) is 16.1 Å². The lowest BCUT2D eigenvalue weighted by molar-refractivity contribution is -0.117. The molecule has 1 fully saturated rings. The summed E-state index contributed by atoms with van der Waals surface area (Å²) in [5.74, 6) is 1.20. The van der Waals surface area contributed by atoms with E-state index < -0.39 is 0 Å². The number of fused-ring (bicyclic) bond motifs is 1. The van der Waals surface area contributed by atoms with E-state index in [0.717, 1.165) is 36.9 Å². The Morgan fingerprint density at radius 2 is 1.88 bits per heavy atom. The molecule has 0 spiro atoms. The average molecular weight is 347 g/mol. The van der Waals surface area contributed by atoms with Gasteiger partial charge in [0.2, 0.25) is 5.91 Å². The van der Waals surface area contributed by atoms with Gasteiger partial charge in [0.25, 0.3) is 0 Å². The predicted octanol–water partition coefficient (Wildman–Crippen LogP) is 5.17. The molecule has 0 bridgehead atoms. The molecule has 0 saturated heterocycles. The van der Waals surface area contributed by atoms with Crippen molar-refractivity contribution in [2.75, 3.05) is 5.32 Å². The van der Waals surface area contributed by atoms with Gasteiger partial charge in [-0.3, -0.25) is 9.89 Å². The molecule has 3 aromatic rings. The topological polar surface area (TPSA) is 57.8 Å². The van der Waals surface area contributed by atoms with Crippen molar-refractivity contribution in [3.05, 3.63) is 59.8 Å². The van der Waals surface area contributed by atoms with E-state index >= 15 is 0 Å². The summed E-state index contributed by atoms with van der Waals surface area (Å²) >= 11 is 0. The first-order valence-electron chi connectivity index (χ1n) is 9.47. The van der Waals surface area contributed by atoms with Crippen LogP contribution in [0.4, 0.5) is 5.69 Å². The number of rotatable bonds is 4. The summed E-state index contributed by atoms with van der Waals surface area (Å²) in [5.41, 5.74) is 4.61. The normalized spacial score (nSPS) is 20.2. The van der Waals surface area contributed by atoms with Crippen molar-refractivity contribution >= 4 is 22.5 Å². The van der Waals surface area contributed by atoms with E-state index in [1.54, 1.807) is 0 Å². The molecule has 134 valence electrons. The number of aryl methyl sites for hydroxylation is 1. The number of amides is 1. The second kappa shape index (κ2) is 7.32. The maximum atomic E-state index is 12.3. The SMILES string of the molecule is Cc1ccc(NC(=O)CC2CCC(c3cccc4[nH]ncc34)CC2)cc1. The zero-order valence-corrected chi connectivity index (χ0v) is 15.2. The maximum absolute atomic E-state index is 12.3. The molecule has 1 aromatic heterocycles. The minimum Gasteiger partial charge on any atom is -0.326 e. The molecule has 0 atom stereocenters. The van der Waals surface area contributed by atoms with Crippen molar-refractivity contribution in [3.8, 4) is 0 Å². The molecule has 0 unspecified atom stereocenters. The highest BCUT2D eigenvalue weighted by molar-refractivity contribution is 5.90. The summed E-state index contributed by atoms with van der Waals surface area (Å²) in [6.45, 7) is 2.05. The van der Waals surface area contributed by atoms with Gasteiger partial charge in [-0.1, -0.05) is 29.8 Å². The van der Waals surface area contributed by atoms with Crippen molar-refractivity contribution < 1.29 is 4.79 Å². The molecule has 4 rings (SSSR count). The third kappa shape index (κ3) is 3.64. The van der Waals surface area contributed by atoms with E-state index in [4.69, 9.17) is 0 Å². The van der Waals surface area contributed by atoms with Crippen molar-refractivity contribution in [1.82, 2.24) is 10.2 Å². The molecule has 26 heavy (non-hydrogen) atoms. The Bertz CT molecular complexity index is 889. The van der Waals surface area contributed by atoms with Crippen molar-refractivity contribution in [1.29, 1.82) is 0 Å². The summed E-state index contributed by atoms with van der Waals surface area (Å²) < 4.78 is 0. The lowest BCUT2D eigenvalue weighted by Gasteiger charge is -2.28. The van der Waals surface area contributed by atoms with E-state index in [1.807, 2.05) is 37.4 Å². The molecule has 1 aliphatic rings. The zero-order valence-electron chi connectivity index (χ0n) is 15.2. The number of aromatic nitrogens is 2. The summed E-state index contributed by atoms with van der Waals surface area (Å²) in [7, 11) is 0. The second-order valence-electron chi connectivity index (χ2n) is 7.51. The number of aromatic amines is 1. The number of nitrogens with one attached hydrogen (secondary N) is 2. The quantitative estimate of drug-likeness (QED) is 0.684. The lowest BCUT2D eigenvalue weighted by Crippen LogP contribution is -2.20. The number of nitrogens with zero attached hydrogens (tertiary/aromatic N) is 1. The fourth-order valence-corrected chi connectivity index (χ4v) is 4.14. The molecule has 1 heterocycles. The summed E-state index contributed by atoms with van der Waals surface area (Å²) in [5, 5.41) is 11.5. The van der Waals surface area contributed by atoms with Gasteiger partial charge in [-0.15, -0.1) is 0 Å². The van der Waals surface area contributed by atoms with Crippen molar-refractivity contribution in [2.24, 2.45) is 5.92 Å². The summed E-state index contributed by atoms with van der Waals surface area (Å²) in [6.07, 6.45) is 7.07. The number of carbonyl (C=O) groups excluding carboxylic acids is 1. The fourth-order valence-electron chi connectivity index (χ4n) is 4.14. The predicted molar refractivity (Wildman–Crippen MR) is 105 cm³/mol. The zero-order chi connectivity index (χ0) is 17.9. The highest BCUT2D eigenvalue weighted by atomic mass is 16.1. The fraction of sp³-hybridized carbons (Fsp3) is 0.364. The first kappa shape index (κ1) is 16.8. The van der Waals surface area contributed by atoms with Gasteiger partial charge >= 0.3 is 0 Å². The molecule has 4 heteroatoms. The van der Waals surface area contributed by atoms with Crippen LogP contribution in [-0.2, 0) is 4.79 Å². The smallest absolute Gasteiger partial charge is 0.224 e. The Labute approximate surface area is 154 Å². The number of H-pyrrole nitrogens is 1. The van der Waals surface area contributed by atoms with Crippen LogP contribution >= 0.6 is 0 Å². The average Bonchev–Trinajstić information content (AvgIpc) is 3.13. The number of anilines is 1. The third-order valence-electron chi connectivity index (χ3n) is 5.61. The Kier molecular flexibility index (Phi) is 4.74. The maximum Gasteiger partial charge on any atom is 0.224 e. The van der Waals surface area contributed by atoms with Gasteiger partial charge in [-0.05, 0) is 68.2 Å². The number of hydrogen-bond acceptors (Lipinski definition) is 2. The molecule has 0 radical (unpaired) electrons. The lowest BCUT2D eigenvalue weighted by atomic mass is 9.77. The van der Waals surface area contributed by atoms with E-state index in [2.05, 4.69) is 33.7 Å². The van der Waals surface area contributed by atoms with Gasteiger partial charge in [-0.25, -0.2) is 0 Å². The highest BCUT2D eigenvalue weighted by Gasteiger charge is 2.25. The minimum atomic E-state index is 0.134. The van der Waals surface area contributed by atoms with E-state index in [-0.39, 0.29) is 5.91 Å². The third-order valence-corrected chi connectivity index (χ3v) is 5.61. The van der Waals surface area contributed by atoms with Crippen LogP contribution in [0.2, 0.25) is 0 Å². The van der Waals surface area contributed by atoms with Crippen LogP contribution in [0.25, 0.3) is 10.9 Å². The molecule has 2 aromatic carbocycles. The second-order valence-corrected chi connectivity index (χ2v) is 7.51. The largest absolute Gasteiger partial charge is 0.326 e. The van der Waals surface area contributed by atoms with Crippen LogP contribution in [0.5, 0.6) is 0 Å². The van der Waals surface area contributed by atoms with Gasteiger partial charge in [0.1, 0.15) is 0 Å². The van der Waals surface area contributed by atoms with Crippen LogP contribution in [0.1, 0.15) is 49.1 Å². The molecule has 1 aliphatic carbocycles. The van der Waals surface area contributed by atoms with Gasteiger partial charge < -0.3 is 5.32 Å². The Morgan fingerprint density at radius 1 is 1.12 bits per heavy atom. The molecule has 4 nitrogen and oxygen atoms in total. The first-order valence-corrected chi connectivity index (χ1v) is 9.47. The first-order chi connectivity index (χ1) is 12.7. The van der Waals surface area contributed by atoms with Crippen LogP contribution < -0.4 is 5.32 Å². The number of benzene rings is 2. The molecular formula is C22H25N3O. The van der Waals surface area contributed by atoms with Gasteiger partial charge in [0.15, 0.2) is 0 Å². The van der Waals surface area contributed by atoms with Crippen LogP contribution in [0, 0.1) is 12.8 Å². The van der Waals surface area contributed by atoms with Gasteiger partial charge in [0, 0.05) is 17.5 Å². The monoisotopic (exact) mass is 347 g/mol. The van der Waals surface area contributed by atoms with Gasteiger partial charge in [-0.2, -0.15) is 5.10 Å². The Hall–Kier alpha value is -2.62. The highest BCUT2D eigenvalue weighted by Crippen LogP contribution is 2.39. The standard InChI is InChI=1S/C22H25N3O/c1-15-5-11-18(12-6-15)24-22(26)13-16-7-9-17(10-8-16)19-3-2-4-21-20(19)14-23-25-21/h2-6,11-12,14,16-17H,7-10,13H2,1H3,(H,23,25)(H,24,26). The minimum absolute atomic E-state index is 0.134. The molecule has 1 saturated carbocycles. The van der Waals surface area contributed by atoms with Crippen LogP contribution in [0.3, 0.4) is 0 Å². The molecular weight excluding hydrogens is 322 g/mol. The molecule has 2 N–H and O–H groups in total. The van der Waals surface area contributed by atoms with E-state index in [1.165, 1.54) is 16.5 Å². The van der Waals surface area contributed by atoms with E-state index in [0.29, 0.717) is 18.3 Å². The van der Waals surface area contributed by atoms with Crippen molar-refractivity contribution in [2.45, 2.75) is 44.9 Å². The summed E-state index contributed by atoms with van der Waals surface area (Å²) in [6, 6.07) is 14.4. The Balaban J connectivity index is 1.33. The van der Waals surface area contributed by atoms with Crippen LogP contribution in [0.15, 0.2) is 48.7 Å². The van der Waals surface area contributed by atoms with Crippen molar-refractivity contribution in [3.63, 3.8) is 0 Å². The van der Waals surface area contributed by atoms with E-state index in [9.17, 15) is 4.79 Å². The molecule has 1 amide bonds. The number of hydrogen-bond donors (Lipinski definition) is 2. The Morgan fingerprint density at radius 3 is 2.65 bits per heavy atom. The molecule has 0 aliphatic heterocycles. The van der Waals surface area contributed by atoms with Gasteiger partial charge in [0.05, 0.1) is 11.7 Å². The summed E-state index contributed by atoms with van der Waals surface area (Å²) in [4.78, 5) is 12.3. The number of carbonyl (C=O) groups is 1.